The van der Waals surface area contributed by atoms with Gasteiger partial charge in [-0.1, -0.05) is 11.6 Å². The summed E-state index contributed by atoms with van der Waals surface area (Å²) in [6.07, 6.45) is 0.831. The van der Waals surface area contributed by atoms with Crippen molar-refractivity contribution in [3.05, 3.63) is 45.0 Å². The zero-order valence-corrected chi connectivity index (χ0v) is 19.1. The summed E-state index contributed by atoms with van der Waals surface area (Å²) in [6, 6.07) is 3.67. The number of fused-ring (bicyclic) bond motifs is 1. The zero-order chi connectivity index (χ0) is 24.4. The Hall–Kier alpha value is -3.47. The molecule has 3 heterocycles. The molecule has 0 saturated carbocycles. The number of anilines is 3. The standard InChI is InChI=1S/C22H23ClFN5O5/c1-2-34-21(33)11-5-7-29(8-6-11)22-27-18-17(20(32)28-22)13(10-16(30)26-18)19(31)25-12-3-4-15(24)14(23)9-12/h3-4,9,11,13H,2,5-8,10H2,1H3,(H,25,31)(H2,26,27,28,30,32). The van der Waals surface area contributed by atoms with Gasteiger partial charge in [0, 0.05) is 25.2 Å². The van der Waals surface area contributed by atoms with Gasteiger partial charge in [-0.2, -0.15) is 4.98 Å². The number of hydrogen-bond donors (Lipinski definition) is 3. The van der Waals surface area contributed by atoms with Gasteiger partial charge >= 0.3 is 5.97 Å². The Kier molecular flexibility index (Phi) is 6.82. The number of nitrogens with zero attached hydrogens (tertiary/aromatic N) is 2. The summed E-state index contributed by atoms with van der Waals surface area (Å²) < 4.78 is 18.5. The lowest BCUT2D eigenvalue weighted by atomic mass is 9.92. The number of halogens is 2. The van der Waals surface area contributed by atoms with Gasteiger partial charge in [0.15, 0.2) is 0 Å². The van der Waals surface area contributed by atoms with Gasteiger partial charge in [0.05, 0.1) is 29.0 Å². The Morgan fingerprint density at radius 2 is 2.03 bits per heavy atom. The lowest BCUT2D eigenvalue weighted by Gasteiger charge is -2.32. The Morgan fingerprint density at radius 3 is 2.71 bits per heavy atom. The summed E-state index contributed by atoms with van der Waals surface area (Å²) in [4.78, 5) is 59.0. The van der Waals surface area contributed by atoms with Crippen LogP contribution in [-0.2, 0) is 19.1 Å². The summed E-state index contributed by atoms with van der Waals surface area (Å²) in [5, 5.41) is 4.96. The van der Waals surface area contributed by atoms with Crippen molar-refractivity contribution in [3.63, 3.8) is 0 Å². The Labute approximate surface area is 198 Å². The quantitative estimate of drug-likeness (QED) is 0.547. The van der Waals surface area contributed by atoms with Gasteiger partial charge in [-0.25, -0.2) is 4.39 Å². The molecule has 1 unspecified atom stereocenters. The summed E-state index contributed by atoms with van der Waals surface area (Å²) in [5.41, 5.74) is -0.283. The lowest BCUT2D eigenvalue weighted by molar-refractivity contribution is -0.148. The fourth-order valence-corrected chi connectivity index (χ4v) is 4.30. The van der Waals surface area contributed by atoms with Crippen LogP contribution < -0.4 is 21.1 Å². The van der Waals surface area contributed by atoms with Gasteiger partial charge in [0.25, 0.3) is 5.56 Å². The molecule has 1 aromatic carbocycles. The Bertz CT molecular complexity index is 1190. The summed E-state index contributed by atoms with van der Waals surface area (Å²) >= 11 is 5.76. The molecule has 0 spiro atoms. The van der Waals surface area contributed by atoms with Crippen LogP contribution in [0.1, 0.15) is 37.7 Å². The van der Waals surface area contributed by atoms with Crippen molar-refractivity contribution in [1.29, 1.82) is 0 Å². The highest BCUT2D eigenvalue weighted by atomic mass is 35.5. The van der Waals surface area contributed by atoms with Gasteiger partial charge in [-0.15, -0.1) is 0 Å². The number of aromatic amines is 1. The molecular formula is C22H23ClFN5O5. The second kappa shape index (κ2) is 9.80. The number of nitrogens with one attached hydrogen (secondary N) is 3. The summed E-state index contributed by atoms with van der Waals surface area (Å²) in [7, 11) is 0. The summed E-state index contributed by atoms with van der Waals surface area (Å²) in [6.45, 7) is 3.01. The third-order valence-electron chi connectivity index (χ3n) is 5.86. The predicted octanol–water partition coefficient (Wildman–Crippen LogP) is 2.41. The number of benzene rings is 1. The van der Waals surface area contributed by atoms with Crippen LogP contribution in [0, 0.1) is 11.7 Å². The van der Waals surface area contributed by atoms with Crippen molar-refractivity contribution >= 4 is 46.8 Å². The average molecular weight is 492 g/mol. The molecule has 1 atom stereocenters. The fraction of sp³-hybridized carbons (Fsp3) is 0.409. The largest absolute Gasteiger partial charge is 0.466 e. The van der Waals surface area contributed by atoms with Crippen LogP contribution in [0.2, 0.25) is 5.02 Å². The third-order valence-corrected chi connectivity index (χ3v) is 6.15. The Balaban J connectivity index is 1.54. The predicted molar refractivity (Wildman–Crippen MR) is 122 cm³/mol. The van der Waals surface area contributed by atoms with Crippen LogP contribution >= 0.6 is 11.6 Å². The molecule has 10 nitrogen and oxygen atoms in total. The van der Waals surface area contributed by atoms with E-state index in [9.17, 15) is 23.6 Å². The molecule has 0 radical (unpaired) electrons. The number of amides is 2. The van der Waals surface area contributed by atoms with Crippen molar-refractivity contribution in [1.82, 2.24) is 9.97 Å². The first-order valence-electron chi connectivity index (χ1n) is 10.9. The van der Waals surface area contributed by atoms with E-state index in [-0.39, 0.29) is 46.3 Å². The Morgan fingerprint density at radius 1 is 1.29 bits per heavy atom. The molecule has 12 heteroatoms. The number of hydrogen-bond acceptors (Lipinski definition) is 7. The molecule has 4 rings (SSSR count). The molecule has 34 heavy (non-hydrogen) atoms. The maximum absolute atomic E-state index is 13.4. The molecule has 180 valence electrons. The first-order valence-corrected chi connectivity index (χ1v) is 11.3. The number of carbonyl (C=O) groups is 3. The minimum atomic E-state index is -1.09. The second-order valence-electron chi connectivity index (χ2n) is 8.09. The molecule has 1 fully saturated rings. The molecule has 2 amide bonds. The van der Waals surface area contributed by atoms with Crippen LogP contribution in [0.5, 0.6) is 0 Å². The first kappa shape index (κ1) is 23.7. The van der Waals surface area contributed by atoms with Gasteiger partial charge < -0.3 is 20.3 Å². The van der Waals surface area contributed by atoms with E-state index >= 15 is 0 Å². The van der Waals surface area contributed by atoms with E-state index in [1.807, 2.05) is 4.90 Å². The zero-order valence-electron chi connectivity index (χ0n) is 18.3. The number of esters is 1. The molecule has 3 N–H and O–H groups in total. The second-order valence-corrected chi connectivity index (χ2v) is 8.50. The van der Waals surface area contributed by atoms with Gasteiger partial charge in [0.2, 0.25) is 17.8 Å². The fourth-order valence-electron chi connectivity index (χ4n) is 4.12. The van der Waals surface area contributed by atoms with E-state index in [0.29, 0.717) is 32.5 Å². The molecule has 0 aliphatic carbocycles. The SMILES string of the molecule is CCOC(=O)C1CCN(c2nc3c(c(=O)[nH]2)C(C(=O)Nc2ccc(F)c(Cl)c2)CC(=O)N3)CC1. The number of carbonyl (C=O) groups excluding carboxylic acids is 3. The number of H-pyrrole nitrogens is 1. The summed E-state index contributed by atoms with van der Waals surface area (Å²) in [5.74, 6) is -3.00. The number of ether oxygens (including phenoxy) is 1. The topological polar surface area (TPSA) is 133 Å². The third kappa shape index (κ3) is 4.89. The van der Waals surface area contributed by atoms with Crippen molar-refractivity contribution in [2.75, 3.05) is 35.2 Å². The highest BCUT2D eigenvalue weighted by molar-refractivity contribution is 6.31. The van der Waals surface area contributed by atoms with Gasteiger partial charge in [-0.3, -0.25) is 24.2 Å². The minimum absolute atomic E-state index is 0.0137. The lowest BCUT2D eigenvalue weighted by Crippen LogP contribution is -2.41. The van der Waals surface area contributed by atoms with Gasteiger partial charge in [0.1, 0.15) is 11.6 Å². The van der Waals surface area contributed by atoms with E-state index in [2.05, 4.69) is 20.6 Å². The van der Waals surface area contributed by atoms with Crippen LogP contribution in [0.25, 0.3) is 0 Å². The van der Waals surface area contributed by atoms with Crippen LogP contribution in [0.3, 0.4) is 0 Å². The average Bonchev–Trinajstić information content (AvgIpc) is 2.80. The molecule has 2 aliphatic rings. The highest BCUT2D eigenvalue weighted by Gasteiger charge is 2.36. The number of aromatic nitrogens is 2. The first-order chi connectivity index (χ1) is 16.3. The smallest absolute Gasteiger partial charge is 0.309 e. The number of rotatable bonds is 5. The van der Waals surface area contributed by atoms with E-state index in [4.69, 9.17) is 16.3 Å². The minimum Gasteiger partial charge on any atom is -0.466 e. The van der Waals surface area contributed by atoms with Crippen molar-refractivity contribution in [2.45, 2.75) is 32.1 Å². The normalized spacial score (nSPS) is 18.1. The van der Waals surface area contributed by atoms with E-state index in [1.54, 1.807) is 6.92 Å². The number of piperidine rings is 1. The van der Waals surface area contributed by atoms with Crippen LogP contribution in [0.15, 0.2) is 23.0 Å². The molecule has 0 bridgehead atoms. The van der Waals surface area contributed by atoms with Crippen molar-refractivity contribution in [2.24, 2.45) is 5.92 Å². The maximum atomic E-state index is 13.4. The molecule has 1 aromatic heterocycles. The van der Waals surface area contributed by atoms with E-state index in [0.717, 1.165) is 6.07 Å². The van der Waals surface area contributed by atoms with E-state index < -0.39 is 29.1 Å². The molecular weight excluding hydrogens is 469 g/mol. The highest BCUT2D eigenvalue weighted by Crippen LogP contribution is 2.31. The molecule has 2 aliphatic heterocycles. The van der Waals surface area contributed by atoms with Crippen molar-refractivity contribution in [3.8, 4) is 0 Å². The molecule has 1 saturated heterocycles. The van der Waals surface area contributed by atoms with E-state index in [1.165, 1.54) is 12.1 Å². The van der Waals surface area contributed by atoms with Crippen LogP contribution in [-0.4, -0.2) is 47.4 Å². The maximum Gasteiger partial charge on any atom is 0.309 e. The monoisotopic (exact) mass is 491 g/mol. The van der Waals surface area contributed by atoms with Crippen molar-refractivity contribution < 1.29 is 23.5 Å². The van der Waals surface area contributed by atoms with Crippen LogP contribution in [0.4, 0.5) is 21.8 Å². The molecule has 2 aromatic rings. The van der Waals surface area contributed by atoms with Gasteiger partial charge in [-0.05, 0) is 38.0 Å².